The molecule has 2 aromatic rings. The van der Waals surface area contributed by atoms with Crippen LogP contribution in [0.4, 0.5) is 11.6 Å². The summed E-state index contributed by atoms with van der Waals surface area (Å²) >= 11 is 0. The van der Waals surface area contributed by atoms with Gasteiger partial charge in [0, 0.05) is 36.7 Å². The van der Waals surface area contributed by atoms with Gasteiger partial charge in [-0.3, -0.25) is 4.57 Å². The molecular formula is C17H26N4. The van der Waals surface area contributed by atoms with Gasteiger partial charge in [-0.2, -0.15) is 0 Å². The molecule has 0 atom stereocenters. The van der Waals surface area contributed by atoms with Crippen molar-refractivity contribution < 1.29 is 0 Å². The molecule has 4 nitrogen and oxygen atoms in total. The minimum absolute atomic E-state index is 0.362. The molecule has 0 aliphatic rings. The molecule has 0 aliphatic carbocycles. The van der Waals surface area contributed by atoms with Crippen molar-refractivity contribution in [3.63, 3.8) is 0 Å². The molecule has 0 radical (unpaired) electrons. The first kappa shape index (κ1) is 15.4. The minimum atomic E-state index is 0.362. The SMILES string of the molecule is CCN(CC)c1ccc(-n2cc(C)nc2NC(C)C)cc1. The lowest BCUT2D eigenvalue weighted by molar-refractivity contribution is 0.859. The van der Waals surface area contributed by atoms with Gasteiger partial charge in [-0.25, -0.2) is 4.98 Å². The van der Waals surface area contributed by atoms with Gasteiger partial charge in [-0.1, -0.05) is 0 Å². The fourth-order valence-electron chi connectivity index (χ4n) is 2.47. The summed E-state index contributed by atoms with van der Waals surface area (Å²) in [5.41, 5.74) is 3.42. The molecule has 21 heavy (non-hydrogen) atoms. The Kier molecular flexibility index (Phi) is 4.89. The largest absolute Gasteiger partial charge is 0.372 e. The van der Waals surface area contributed by atoms with Gasteiger partial charge in [-0.05, 0) is 58.9 Å². The van der Waals surface area contributed by atoms with Crippen LogP contribution in [-0.2, 0) is 0 Å². The van der Waals surface area contributed by atoms with Crippen LogP contribution in [0.1, 0.15) is 33.4 Å². The lowest BCUT2D eigenvalue weighted by Crippen LogP contribution is -2.21. The van der Waals surface area contributed by atoms with Crippen LogP contribution < -0.4 is 10.2 Å². The van der Waals surface area contributed by atoms with E-state index in [0.29, 0.717) is 6.04 Å². The second kappa shape index (κ2) is 6.66. The van der Waals surface area contributed by atoms with Crippen molar-refractivity contribution in [2.24, 2.45) is 0 Å². The van der Waals surface area contributed by atoms with Crippen LogP contribution in [0.25, 0.3) is 5.69 Å². The van der Waals surface area contributed by atoms with Crippen molar-refractivity contribution >= 4 is 11.6 Å². The van der Waals surface area contributed by atoms with Crippen LogP contribution >= 0.6 is 0 Å². The van der Waals surface area contributed by atoms with Crippen LogP contribution in [0.5, 0.6) is 0 Å². The zero-order chi connectivity index (χ0) is 15.4. The van der Waals surface area contributed by atoms with Gasteiger partial charge in [0.15, 0.2) is 0 Å². The maximum atomic E-state index is 4.56. The molecule has 0 bridgehead atoms. The van der Waals surface area contributed by atoms with Gasteiger partial charge in [0.2, 0.25) is 5.95 Å². The molecule has 1 heterocycles. The molecule has 2 rings (SSSR count). The molecule has 0 saturated carbocycles. The van der Waals surface area contributed by atoms with Crippen molar-refractivity contribution in [1.29, 1.82) is 0 Å². The number of imidazole rings is 1. The van der Waals surface area contributed by atoms with Gasteiger partial charge in [0.25, 0.3) is 0 Å². The van der Waals surface area contributed by atoms with E-state index in [0.717, 1.165) is 30.4 Å². The summed E-state index contributed by atoms with van der Waals surface area (Å²) in [5, 5.41) is 3.39. The molecular weight excluding hydrogens is 260 g/mol. The van der Waals surface area contributed by atoms with E-state index in [-0.39, 0.29) is 0 Å². The lowest BCUT2D eigenvalue weighted by atomic mass is 10.2. The summed E-state index contributed by atoms with van der Waals surface area (Å²) < 4.78 is 2.11. The van der Waals surface area contributed by atoms with Gasteiger partial charge in [0.1, 0.15) is 0 Å². The summed E-state index contributed by atoms with van der Waals surface area (Å²) in [6, 6.07) is 9.02. The quantitative estimate of drug-likeness (QED) is 0.875. The first-order valence-electron chi connectivity index (χ1n) is 7.73. The van der Waals surface area contributed by atoms with E-state index in [9.17, 15) is 0 Å². The average Bonchev–Trinajstić information content (AvgIpc) is 2.81. The highest BCUT2D eigenvalue weighted by molar-refractivity contribution is 5.53. The van der Waals surface area contributed by atoms with Gasteiger partial charge < -0.3 is 10.2 Å². The van der Waals surface area contributed by atoms with E-state index in [1.54, 1.807) is 0 Å². The Balaban J connectivity index is 2.30. The van der Waals surface area contributed by atoms with E-state index >= 15 is 0 Å². The third-order valence-corrected chi connectivity index (χ3v) is 3.50. The smallest absolute Gasteiger partial charge is 0.207 e. The first-order valence-corrected chi connectivity index (χ1v) is 7.73. The van der Waals surface area contributed by atoms with Crippen molar-refractivity contribution in [2.45, 2.75) is 40.7 Å². The lowest BCUT2D eigenvalue weighted by Gasteiger charge is -2.21. The number of rotatable bonds is 6. The van der Waals surface area contributed by atoms with E-state index in [2.05, 4.69) is 77.9 Å². The second-order valence-electron chi connectivity index (χ2n) is 5.56. The number of aryl methyl sites for hydroxylation is 1. The van der Waals surface area contributed by atoms with Gasteiger partial charge in [-0.15, -0.1) is 0 Å². The summed E-state index contributed by atoms with van der Waals surface area (Å²) in [7, 11) is 0. The Labute approximate surface area is 127 Å². The molecule has 0 spiro atoms. The van der Waals surface area contributed by atoms with Crippen molar-refractivity contribution in [3.8, 4) is 5.69 Å². The van der Waals surface area contributed by atoms with Crippen LogP contribution in [0.2, 0.25) is 0 Å². The normalized spacial score (nSPS) is 11.0. The highest BCUT2D eigenvalue weighted by atomic mass is 15.2. The fraction of sp³-hybridized carbons (Fsp3) is 0.471. The van der Waals surface area contributed by atoms with Crippen molar-refractivity contribution in [1.82, 2.24) is 9.55 Å². The Morgan fingerprint density at radius 3 is 2.29 bits per heavy atom. The maximum absolute atomic E-state index is 4.56. The fourth-order valence-corrected chi connectivity index (χ4v) is 2.47. The van der Waals surface area contributed by atoms with E-state index in [4.69, 9.17) is 0 Å². The predicted octanol–water partition coefficient (Wildman–Crippen LogP) is 3.85. The summed E-state index contributed by atoms with van der Waals surface area (Å²) in [4.78, 5) is 6.90. The Morgan fingerprint density at radius 2 is 1.76 bits per heavy atom. The molecule has 0 aliphatic heterocycles. The number of nitrogens with one attached hydrogen (secondary N) is 1. The number of benzene rings is 1. The predicted molar refractivity (Wildman–Crippen MR) is 90.6 cm³/mol. The Bertz CT molecular complexity index is 565. The van der Waals surface area contributed by atoms with Gasteiger partial charge in [0.05, 0.1) is 5.69 Å². The molecule has 1 aromatic heterocycles. The Morgan fingerprint density at radius 1 is 1.14 bits per heavy atom. The number of anilines is 2. The third-order valence-electron chi connectivity index (χ3n) is 3.50. The molecule has 0 amide bonds. The summed E-state index contributed by atoms with van der Waals surface area (Å²) in [5.74, 6) is 0.901. The topological polar surface area (TPSA) is 33.1 Å². The van der Waals surface area contributed by atoms with Crippen LogP contribution in [0.15, 0.2) is 30.5 Å². The molecule has 0 unspecified atom stereocenters. The summed E-state index contributed by atoms with van der Waals surface area (Å²) in [6.07, 6.45) is 2.07. The average molecular weight is 286 g/mol. The number of hydrogen-bond acceptors (Lipinski definition) is 3. The van der Waals surface area contributed by atoms with Crippen molar-refractivity contribution in [3.05, 3.63) is 36.2 Å². The van der Waals surface area contributed by atoms with Crippen LogP contribution in [-0.4, -0.2) is 28.7 Å². The van der Waals surface area contributed by atoms with Crippen LogP contribution in [0.3, 0.4) is 0 Å². The summed E-state index contributed by atoms with van der Waals surface area (Å²) in [6.45, 7) is 12.7. The molecule has 1 aromatic carbocycles. The highest BCUT2D eigenvalue weighted by Gasteiger charge is 2.09. The molecule has 0 fully saturated rings. The third kappa shape index (κ3) is 3.57. The molecule has 4 heteroatoms. The monoisotopic (exact) mass is 286 g/mol. The van der Waals surface area contributed by atoms with E-state index < -0.39 is 0 Å². The van der Waals surface area contributed by atoms with E-state index in [1.165, 1.54) is 5.69 Å². The minimum Gasteiger partial charge on any atom is -0.372 e. The number of hydrogen-bond donors (Lipinski definition) is 1. The second-order valence-corrected chi connectivity index (χ2v) is 5.56. The van der Waals surface area contributed by atoms with E-state index in [1.807, 2.05) is 6.92 Å². The number of aromatic nitrogens is 2. The Hall–Kier alpha value is -1.97. The van der Waals surface area contributed by atoms with Crippen LogP contribution in [0, 0.1) is 6.92 Å². The molecule has 1 N–H and O–H groups in total. The molecule has 0 saturated heterocycles. The zero-order valence-electron chi connectivity index (χ0n) is 13.7. The first-order chi connectivity index (χ1) is 10.0. The number of nitrogens with zero attached hydrogens (tertiary/aromatic N) is 3. The van der Waals surface area contributed by atoms with Crippen molar-refractivity contribution in [2.75, 3.05) is 23.3 Å². The standard InChI is InChI=1S/C17H26N4/c1-6-20(7-2)15-8-10-16(11-9-15)21-12-14(5)19-17(21)18-13(3)4/h8-13H,6-7H2,1-5H3,(H,18,19). The van der Waals surface area contributed by atoms with Gasteiger partial charge >= 0.3 is 0 Å². The highest BCUT2D eigenvalue weighted by Crippen LogP contribution is 2.21. The zero-order valence-corrected chi connectivity index (χ0v) is 13.7. The maximum Gasteiger partial charge on any atom is 0.207 e. The molecule has 114 valence electrons.